The molecule has 0 aromatic carbocycles. The first-order valence-electron chi connectivity index (χ1n) is 2.07. The summed E-state index contributed by atoms with van der Waals surface area (Å²) < 4.78 is 0. The molecule has 0 unspecified atom stereocenters. The van der Waals surface area contributed by atoms with Crippen LogP contribution in [0, 0.1) is 0 Å². The Labute approximate surface area is 75.5 Å². The van der Waals surface area contributed by atoms with Gasteiger partial charge >= 0.3 is 16.0 Å². The van der Waals surface area contributed by atoms with Crippen LogP contribution in [0.25, 0.3) is 0 Å². The summed E-state index contributed by atoms with van der Waals surface area (Å²) >= 11 is 8.10. The highest BCUT2D eigenvalue weighted by Gasteiger charge is 1.87. The van der Waals surface area contributed by atoms with Gasteiger partial charge in [0.15, 0.2) is 0 Å². The molecule has 0 saturated heterocycles. The van der Waals surface area contributed by atoms with Gasteiger partial charge in [0.05, 0.1) is 0 Å². The summed E-state index contributed by atoms with van der Waals surface area (Å²) in [5.74, 6) is 1.14. The second kappa shape index (κ2) is 8.75. The van der Waals surface area contributed by atoms with E-state index in [0.29, 0.717) is 0 Å². The molecule has 0 fully saturated rings. The predicted molar refractivity (Wildman–Crippen MR) is 48.4 cm³/mol. The molecule has 5 heteroatoms. The Morgan fingerprint density at radius 3 is 2.38 bits per heavy atom. The van der Waals surface area contributed by atoms with Gasteiger partial charge in [-0.05, 0) is 0 Å². The number of hydrogen-bond donors (Lipinski definition) is 0. The van der Waals surface area contributed by atoms with Crippen molar-refractivity contribution < 1.29 is 0 Å². The molecular formula is C3H4Br2MgNS. The van der Waals surface area contributed by atoms with Gasteiger partial charge in [0, 0.05) is 12.3 Å². The monoisotopic (exact) mass is 268 g/mol. The topological polar surface area (TPSA) is 12.4 Å². The normalized spacial score (nSPS) is 14.2. The van der Waals surface area contributed by atoms with Crippen LogP contribution in [0.2, 0.25) is 0 Å². The van der Waals surface area contributed by atoms with E-state index in [4.69, 9.17) is 0 Å². The van der Waals surface area contributed by atoms with Gasteiger partial charge in [-0.2, -0.15) is 0 Å². The van der Waals surface area contributed by atoms with Crippen molar-refractivity contribution in [3.63, 3.8) is 0 Å². The third-order valence-electron chi connectivity index (χ3n) is 0.434. The minimum Gasteiger partial charge on any atom is -0.280 e. The van der Waals surface area contributed by atoms with Crippen molar-refractivity contribution in [2.24, 2.45) is 4.99 Å². The Morgan fingerprint density at radius 1 is 1.62 bits per heavy atom. The zero-order chi connectivity index (χ0) is 6.24. The molecule has 0 aliphatic carbocycles. The summed E-state index contributed by atoms with van der Waals surface area (Å²) in [6, 6.07) is 0. The van der Waals surface area contributed by atoms with Crippen LogP contribution in [-0.4, -0.2) is 33.9 Å². The lowest BCUT2D eigenvalue weighted by Gasteiger charge is -1.66. The van der Waals surface area contributed by atoms with E-state index >= 15 is 0 Å². The number of hydrogen-bond acceptors (Lipinski definition) is 2. The van der Waals surface area contributed by atoms with E-state index in [1.54, 1.807) is 11.8 Å². The number of rotatable bonds is 0. The van der Waals surface area contributed by atoms with E-state index in [0.717, 1.165) is 12.3 Å². The first kappa shape index (κ1) is 9.75. The van der Waals surface area contributed by atoms with Crippen LogP contribution >= 0.6 is 37.5 Å². The van der Waals surface area contributed by atoms with E-state index in [1.165, 1.54) is 0 Å². The maximum atomic E-state index is 3.80. The summed E-state index contributed by atoms with van der Waals surface area (Å²) in [6.07, 6.45) is 0. The van der Waals surface area contributed by atoms with Crippen LogP contribution in [0.3, 0.4) is 0 Å². The van der Waals surface area contributed by atoms with Gasteiger partial charge in [-0.15, -0.1) is 11.8 Å². The van der Waals surface area contributed by atoms with Crippen molar-refractivity contribution in [1.82, 2.24) is 0 Å². The molecule has 0 N–H and O–H groups in total. The average molecular weight is 270 g/mol. The number of thioether (sulfide) groups is 1. The minimum absolute atomic E-state index is 0.0417. The summed E-state index contributed by atoms with van der Waals surface area (Å²) in [6.45, 7) is 0.977. The molecule has 1 aliphatic heterocycles. The van der Waals surface area contributed by atoms with Gasteiger partial charge in [-0.1, -0.05) is 0 Å². The van der Waals surface area contributed by atoms with Crippen molar-refractivity contribution in [3.05, 3.63) is 0 Å². The van der Waals surface area contributed by atoms with E-state index in [9.17, 15) is 0 Å². The number of nitrogens with zero attached hydrogens (tertiary/aromatic N) is 1. The molecule has 43 valence electrons. The highest BCUT2D eigenvalue weighted by molar-refractivity contribution is 9.47. The van der Waals surface area contributed by atoms with Gasteiger partial charge in [-0.25, -0.2) is 0 Å². The Kier molecular flexibility index (Phi) is 10.7. The Hall–Kier alpha value is 1.75. The van der Waals surface area contributed by atoms with Gasteiger partial charge in [0.25, 0.3) is 0 Å². The molecule has 0 bridgehead atoms. The molecule has 0 aromatic heterocycles. The maximum Gasteiger partial charge on any atom is 0.560 e. The number of aliphatic imine (C=N–C) groups is 1. The molecule has 0 aromatic rings. The van der Waals surface area contributed by atoms with Gasteiger partial charge in [0.2, 0.25) is 0 Å². The molecule has 1 radical (unpaired) electrons. The summed E-state index contributed by atoms with van der Waals surface area (Å²) in [4.78, 5) is 3.80. The molecule has 0 saturated carbocycles. The summed E-state index contributed by atoms with van der Waals surface area (Å²) in [7, 11) is 0. The minimum atomic E-state index is 0.0417. The van der Waals surface area contributed by atoms with Crippen molar-refractivity contribution in [1.29, 1.82) is 0 Å². The fraction of sp³-hybridized carbons (Fsp3) is 0.667. The van der Waals surface area contributed by atoms with Gasteiger partial charge in [-0.3, -0.25) is 30.8 Å². The Morgan fingerprint density at radius 2 is 2.25 bits per heavy atom. The third-order valence-corrected chi connectivity index (χ3v) is 1.08. The van der Waals surface area contributed by atoms with Crippen molar-refractivity contribution in [2.45, 2.75) is 0 Å². The lowest BCUT2D eigenvalue weighted by molar-refractivity contribution is 1.18. The fourth-order valence-corrected chi connectivity index (χ4v) is 0.685. The van der Waals surface area contributed by atoms with E-state index < -0.39 is 0 Å². The van der Waals surface area contributed by atoms with Crippen molar-refractivity contribution >= 4 is 59.1 Å². The van der Waals surface area contributed by atoms with Crippen LogP contribution in [-0.2, 0) is 0 Å². The molecular weight excluding hydrogens is 266 g/mol. The van der Waals surface area contributed by atoms with E-state index in [-0.39, 0.29) is 16.0 Å². The fourth-order valence-electron chi connectivity index (χ4n) is 0.228. The molecule has 0 amide bonds. The summed E-state index contributed by atoms with van der Waals surface area (Å²) in [5, 5.41) is 0. The first-order chi connectivity index (χ1) is 3.91. The van der Waals surface area contributed by atoms with Gasteiger partial charge in [0.1, 0.15) is 5.55 Å². The molecule has 0 spiro atoms. The standard InChI is InChI=1S/C3H4NS.2BrH.Mg/c1-2-5-3-4-1;;;/h1-2H2;2*1H;/q;;;+2/p-2. The molecule has 1 heterocycles. The van der Waals surface area contributed by atoms with Gasteiger partial charge < -0.3 is 0 Å². The average Bonchev–Trinajstić information content (AvgIpc) is 2.17. The SMILES string of the molecule is [Br][Mg][Br].[C]1=NCCS1. The molecule has 1 nitrogen and oxygen atoms in total. The van der Waals surface area contributed by atoms with Crippen LogP contribution in [0.4, 0.5) is 0 Å². The predicted octanol–water partition coefficient (Wildman–Crippen LogP) is 1.95. The molecule has 0 atom stereocenters. The second-order valence-electron chi connectivity index (χ2n) is 0.922. The van der Waals surface area contributed by atoms with Crippen molar-refractivity contribution in [3.8, 4) is 0 Å². The lowest BCUT2D eigenvalue weighted by Crippen LogP contribution is -1.69. The Balaban J connectivity index is 0.000000145. The van der Waals surface area contributed by atoms with Crippen LogP contribution in [0.5, 0.6) is 0 Å². The van der Waals surface area contributed by atoms with Crippen LogP contribution in [0.15, 0.2) is 4.99 Å². The molecule has 8 heavy (non-hydrogen) atoms. The maximum absolute atomic E-state index is 3.80. The molecule has 1 rings (SSSR count). The number of halogens is 2. The highest BCUT2D eigenvalue weighted by Crippen LogP contribution is 1.99. The quantitative estimate of drug-likeness (QED) is 0.613. The third kappa shape index (κ3) is 7.75. The Bertz CT molecular complexity index is 64.3. The largest absolute Gasteiger partial charge is 0.560 e. The van der Waals surface area contributed by atoms with Crippen LogP contribution in [0.1, 0.15) is 0 Å². The van der Waals surface area contributed by atoms with Crippen LogP contribution < -0.4 is 0 Å². The van der Waals surface area contributed by atoms with Crippen molar-refractivity contribution in [2.75, 3.05) is 12.3 Å². The lowest BCUT2D eigenvalue weighted by atomic mass is 10.8. The summed E-state index contributed by atoms with van der Waals surface area (Å²) in [5.41, 5.74) is 2.76. The molecule has 1 aliphatic rings. The zero-order valence-electron chi connectivity index (χ0n) is 4.23. The van der Waals surface area contributed by atoms with E-state index in [2.05, 4.69) is 36.3 Å². The highest BCUT2D eigenvalue weighted by atomic mass is 79.9. The zero-order valence-corrected chi connectivity index (χ0v) is 9.64. The first-order valence-corrected chi connectivity index (χ1v) is 10.9. The second-order valence-corrected chi connectivity index (χ2v) is 9.88. The smallest absolute Gasteiger partial charge is 0.280 e. The van der Waals surface area contributed by atoms with E-state index in [1.807, 2.05) is 0 Å².